The SMILES string of the molecule is CCCCCCCOC(=O)NCC(C)(C)[N+](=O)[O-]. The number of nitro groups is 1. The number of unbranched alkanes of at least 4 members (excludes halogenated alkanes) is 4. The Kier molecular flexibility index (Phi) is 8.07. The van der Waals surface area contributed by atoms with Crippen LogP contribution in [0.2, 0.25) is 0 Å². The molecule has 0 saturated carbocycles. The van der Waals surface area contributed by atoms with E-state index in [0.717, 1.165) is 19.3 Å². The molecule has 0 fully saturated rings. The van der Waals surface area contributed by atoms with Crippen molar-refractivity contribution in [3.63, 3.8) is 0 Å². The van der Waals surface area contributed by atoms with Gasteiger partial charge in [0.25, 0.3) is 0 Å². The fraction of sp³-hybridized carbons (Fsp3) is 0.917. The Hall–Kier alpha value is -1.33. The molecule has 0 bridgehead atoms. The van der Waals surface area contributed by atoms with Crippen molar-refractivity contribution in [2.45, 2.75) is 58.4 Å². The van der Waals surface area contributed by atoms with Crippen LogP contribution in [0.3, 0.4) is 0 Å². The van der Waals surface area contributed by atoms with E-state index in [2.05, 4.69) is 12.2 Å². The van der Waals surface area contributed by atoms with Gasteiger partial charge in [0.1, 0.15) is 0 Å². The van der Waals surface area contributed by atoms with E-state index < -0.39 is 16.6 Å². The molecular formula is C12H24N2O4. The molecule has 0 unspecified atom stereocenters. The second-order valence-electron chi connectivity index (χ2n) is 4.97. The fourth-order valence-corrected chi connectivity index (χ4v) is 1.27. The summed E-state index contributed by atoms with van der Waals surface area (Å²) in [7, 11) is 0. The van der Waals surface area contributed by atoms with Crippen molar-refractivity contribution in [2.24, 2.45) is 0 Å². The van der Waals surface area contributed by atoms with Crippen LogP contribution >= 0.6 is 0 Å². The molecule has 0 heterocycles. The number of hydrogen-bond donors (Lipinski definition) is 1. The maximum Gasteiger partial charge on any atom is 0.407 e. The van der Waals surface area contributed by atoms with E-state index in [1.54, 1.807) is 0 Å². The van der Waals surface area contributed by atoms with E-state index in [-0.39, 0.29) is 6.54 Å². The summed E-state index contributed by atoms with van der Waals surface area (Å²) >= 11 is 0. The Morgan fingerprint density at radius 3 is 2.44 bits per heavy atom. The number of ether oxygens (including phenoxy) is 1. The number of alkyl carbamates (subject to hydrolysis) is 1. The Balaban J connectivity index is 3.58. The Bertz CT molecular complexity index is 267. The molecule has 0 rings (SSSR count). The van der Waals surface area contributed by atoms with Gasteiger partial charge in [0.2, 0.25) is 5.54 Å². The van der Waals surface area contributed by atoms with Crippen molar-refractivity contribution in [1.29, 1.82) is 0 Å². The number of hydrogen-bond acceptors (Lipinski definition) is 4. The standard InChI is InChI=1S/C12H24N2O4/c1-4-5-6-7-8-9-18-11(15)13-10-12(2,3)14(16)17/h4-10H2,1-3H3,(H,13,15). The lowest BCUT2D eigenvalue weighted by molar-refractivity contribution is -0.557. The van der Waals surface area contributed by atoms with Gasteiger partial charge in [-0.2, -0.15) is 0 Å². The lowest BCUT2D eigenvalue weighted by atomic mass is 10.1. The van der Waals surface area contributed by atoms with Gasteiger partial charge < -0.3 is 10.1 Å². The highest BCUT2D eigenvalue weighted by molar-refractivity contribution is 5.67. The van der Waals surface area contributed by atoms with Gasteiger partial charge >= 0.3 is 6.09 Å². The van der Waals surface area contributed by atoms with Crippen LogP contribution in [0.25, 0.3) is 0 Å². The molecule has 6 nitrogen and oxygen atoms in total. The normalized spacial score (nSPS) is 11.1. The van der Waals surface area contributed by atoms with Crippen LogP contribution in [0.4, 0.5) is 4.79 Å². The van der Waals surface area contributed by atoms with Gasteiger partial charge in [-0.15, -0.1) is 0 Å². The summed E-state index contributed by atoms with van der Waals surface area (Å²) in [6.07, 6.45) is 4.82. The molecular weight excluding hydrogens is 236 g/mol. The third kappa shape index (κ3) is 7.86. The highest BCUT2D eigenvalue weighted by atomic mass is 16.6. The van der Waals surface area contributed by atoms with Crippen LogP contribution in [-0.2, 0) is 4.74 Å². The first kappa shape index (κ1) is 16.7. The van der Waals surface area contributed by atoms with E-state index >= 15 is 0 Å². The zero-order chi connectivity index (χ0) is 14.0. The second-order valence-corrected chi connectivity index (χ2v) is 4.97. The van der Waals surface area contributed by atoms with Crippen LogP contribution in [-0.4, -0.2) is 29.7 Å². The summed E-state index contributed by atoms with van der Waals surface area (Å²) < 4.78 is 4.92. The predicted molar refractivity (Wildman–Crippen MR) is 69.2 cm³/mol. The Morgan fingerprint density at radius 1 is 1.28 bits per heavy atom. The summed E-state index contributed by atoms with van der Waals surface area (Å²) in [5.41, 5.74) is -1.17. The van der Waals surface area contributed by atoms with Gasteiger partial charge in [-0.1, -0.05) is 32.6 Å². The van der Waals surface area contributed by atoms with E-state index in [0.29, 0.717) is 6.61 Å². The third-order valence-electron chi connectivity index (χ3n) is 2.64. The molecule has 0 aliphatic rings. The predicted octanol–water partition coefficient (Wildman–Crippen LogP) is 2.74. The first-order valence-corrected chi connectivity index (χ1v) is 6.45. The Morgan fingerprint density at radius 2 is 1.89 bits per heavy atom. The maximum atomic E-state index is 11.2. The lowest BCUT2D eigenvalue weighted by Crippen LogP contribution is -2.44. The molecule has 1 N–H and O–H groups in total. The van der Waals surface area contributed by atoms with Crippen molar-refractivity contribution >= 4 is 6.09 Å². The topological polar surface area (TPSA) is 81.5 Å². The average molecular weight is 260 g/mol. The van der Waals surface area contributed by atoms with Crippen LogP contribution < -0.4 is 5.32 Å². The third-order valence-corrected chi connectivity index (χ3v) is 2.64. The summed E-state index contributed by atoms with van der Waals surface area (Å²) in [4.78, 5) is 21.4. The van der Waals surface area contributed by atoms with Crippen molar-refractivity contribution < 1.29 is 14.5 Å². The molecule has 0 saturated heterocycles. The molecule has 0 radical (unpaired) electrons. The molecule has 0 aliphatic heterocycles. The van der Waals surface area contributed by atoms with E-state index in [9.17, 15) is 14.9 Å². The zero-order valence-electron chi connectivity index (χ0n) is 11.5. The molecule has 0 spiro atoms. The lowest BCUT2D eigenvalue weighted by Gasteiger charge is -2.15. The van der Waals surface area contributed by atoms with Crippen molar-refractivity contribution in [3.05, 3.63) is 10.1 Å². The first-order valence-electron chi connectivity index (χ1n) is 6.45. The van der Waals surface area contributed by atoms with Gasteiger partial charge in [-0.05, 0) is 6.42 Å². The first-order chi connectivity index (χ1) is 8.40. The van der Waals surface area contributed by atoms with Crippen LogP contribution in [0.5, 0.6) is 0 Å². The minimum atomic E-state index is -1.17. The minimum Gasteiger partial charge on any atom is -0.450 e. The molecule has 6 heteroatoms. The number of carbonyl (C=O) groups is 1. The smallest absolute Gasteiger partial charge is 0.407 e. The summed E-state index contributed by atoms with van der Waals surface area (Å²) in [5, 5.41) is 13.0. The number of rotatable bonds is 9. The molecule has 106 valence electrons. The molecule has 18 heavy (non-hydrogen) atoms. The van der Waals surface area contributed by atoms with Gasteiger partial charge in [-0.3, -0.25) is 10.1 Å². The summed E-state index contributed by atoms with van der Waals surface area (Å²) in [6, 6.07) is 0. The van der Waals surface area contributed by atoms with Gasteiger partial charge in [-0.25, -0.2) is 4.79 Å². The quantitative estimate of drug-likeness (QED) is 0.392. The number of nitrogens with zero attached hydrogens (tertiary/aromatic N) is 1. The number of carbonyl (C=O) groups excluding carboxylic acids is 1. The van der Waals surface area contributed by atoms with Crippen molar-refractivity contribution in [1.82, 2.24) is 5.32 Å². The monoisotopic (exact) mass is 260 g/mol. The average Bonchev–Trinajstić information content (AvgIpc) is 2.31. The van der Waals surface area contributed by atoms with E-state index in [4.69, 9.17) is 4.74 Å². The largest absolute Gasteiger partial charge is 0.450 e. The summed E-state index contributed by atoms with van der Waals surface area (Å²) in [6.45, 7) is 5.39. The Labute approximate surface area is 108 Å². The maximum absolute atomic E-state index is 11.2. The van der Waals surface area contributed by atoms with E-state index in [1.165, 1.54) is 26.7 Å². The highest BCUT2D eigenvalue weighted by Crippen LogP contribution is 2.05. The van der Waals surface area contributed by atoms with Gasteiger partial charge in [0, 0.05) is 18.8 Å². The van der Waals surface area contributed by atoms with Crippen LogP contribution in [0.15, 0.2) is 0 Å². The molecule has 0 aromatic carbocycles. The molecule has 0 aliphatic carbocycles. The van der Waals surface area contributed by atoms with E-state index in [1.807, 2.05) is 0 Å². The highest BCUT2D eigenvalue weighted by Gasteiger charge is 2.31. The molecule has 0 aromatic rings. The number of nitrogens with one attached hydrogen (secondary N) is 1. The molecule has 1 amide bonds. The molecule has 0 aromatic heterocycles. The molecule has 0 atom stereocenters. The second kappa shape index (κ2) is 8.72. The minimum absolute atomic E-state index is 0.0331. The van der Waals surface area contributed by atoms with Crippen LogP contribution in [0, 0.1) is 10.1 Å². The summed E-state index contributed by atoms with van der Waals surface area (Å²) in [5.74, 6) is 0. The fourth-order valence-electron chi connectivity index (χ4n) is 1.27. The van der Waals surface area contributed by atoms with Crippen LogP contribution in [0.1, 0.15) is 52.9 Å². The van der Waals surface area contributed by atoms with Gasteiger partial charge in [0.05, 0.1) is 13.2 Å². The number of amides is 1. The zero-order valence-corrected chi connectivity index (χ0v) is 11.5. The van der Waals surface area contributed by atoms with Crippen molar-refractivity contribution in [3.8, 4) is 0 Å². The van der Waals surface area contributed by atoms with Crippen molar-refractivity contribution in [2.75, 3.05) is 13.2 Å². The van der Waals surface area contributed by atoms with Gasteiger partial charge in [0.15, 0.2) is 0 Å².